The molecule has 7 heteroatoms. The Balaban J connectivity index is 1.72. The van der Waals surface area contributed by atoms with Crippen molar-refractivity contribution in [2.24, 2.45) is 0 Å². The van der Waals surface area contributed by atoms with Gasteiger partial charge in [-0.2, -0.15) is 0 Å². The second kappa shape index (κ2) is 8.16. The maximum atomic E-state index is 13.0. The Morgan fingerprint density at radius 2 is 1.81 bits per heavy atom. The average molecular weight is 433 g/mol. The summed E-state index contributed by atoms with van der Waals surface area (Å²) < 4.78 is 16.7. The monoisotopic (exact) mass is 433 g/mol. The standard InChI is InChI=1S/C25H23NO6/c1-2-30-21-7-5-6-15-12-18(25(29)32-23(15)21)17-13-22(28)31-24-16(17)8-9-20(27)19(24)14-26-10-3-4-11-26/h5-9,12-13,27H,2-4,10-11,14H2,1H3. The Kier molecular flexibility index (Phi) is 5.19. The van der Waals surface area contributed by atoms with Gasteiger partial charge in [-0.1, -0.05) is 12.1 Å². The number of hydrogen-bond acceptors (Lipinski definition) is 7. The number of ether oxygens (including phenoxy) is 1. The molecule has 1 fully saturated rings. The van der Waals surface area contributed by atoms with Crippen molar-refractivity contribution in [3.05, 3.63) is 68.9 Å². The molecule has 1 aliphatic heterocycles. The molecule has 32 heavy (non-hydrogen) atoms. The topological polar surface area (TPSA) is 93.1 Å². The Bertz CT molecular complexity index is 1430. The molecule has 4 aromatic rings. The lowest BCUT2D eigenvalue weighted by Gasteiger charge is -2.17. The molecule has 2 aromatic heterocycles. The molecule has 7 nitrogen and oxygen atoms in total. The predicted octanol–water partition coefficient (Wildman–Crippen LogP) is 4.27. The lowest BCUT2D eigenvalue weighted by molar-refractivity contribution is 0.323. The largest absolute Gasteiger partial charge is 0.507 e. The van der Waals surface area contributed by atoms with E-state index in [9.17, 15) is 14.7 Å². The highest BCUT2D eigenvalue weighted by molar-refractivity contribution is 5.97. The summed E-state index contributed by atoms with van der Waals surface area (Å²) in [4.78, 5) is 27.7. The predicted molar refractivity (Wildman–Crippen MR) is 121 cm³/mol. The molecule has 0 spiro atoms. The zero-order valence-electron chi connectivity index (χ0n) is 17.7. The Morgan fingerprint density at radius 3 is 2.59 bits per heavy atom. The molecular formula is C25H23NO6. The van der Waals surface area contributed by atoms with Crippen molar-refractivity contribution in [1.29, 1.82) is 0 Å². The van der Waals surface area contributed by atoms with Gasteiger partial charge in [0.25, 0.3) is 0 Å². The third-order valence-corrected chi connectivity index (χ3v) is 5.89. The molecule has 0 bridgehead atoms. The number of phenols is 1. The molecule has 0 amide bonds. The van der Waals surface area contributed by atoms with Gasteiger partial charge in [0.05, 0.1) is 17.7 Å². The number of nitrogens with zero attached hydrogens (tertiary/aromatic N) is 1. The SMILES string of the molecule is CCOc1cccc2cc(-c3cc(=O)oc4c(CN5CCCC5)c(O)ccc34)c(=O)oc12. The van der Waals surface area contributed by atoms with Crippen LogP contribution in [-0.4, -0.2) is 29.7 Å². The average Bonchev–Trinajstić information content (AvgIpc) is 3.29. The number of aromatic hydroxyl groups is 1. The molecule has 3 heterocycles. The molecule has 0 atom stereocenters. The minimum absolute atomic E-state index is 0.0663. The van der Waals surface area contributed by atoms with Crippen molar-refractivity contribution < 1.29 is 18.7 Å². The molecule has 0 saturated carbocycles. The smallest absolute Gasteiger partial charge is 0.344 e. The van der Waals surface area contributed by atoms with Crippen LogP contribution in [0.3, 0.4) is 0 Å². The highest BCUT2D eigenvalue weighted by atomic mass is 16.5. The van der Waals surface area contributed by atoms with Crippen LogP contribution in [0.15, 0.2) is 60.9 Å². The molecule has 0 aliphatic carbocycles. The summed E-state index contributed by atoms with van der Waals surface area (Å²) in [5.74, 6) is 0.556. The van der Waals surface area contributed by atoms with E-state index in [0.717, 1.165) is 25.9 Å². The Hall–Kier alpha value is -3.58. The van der Waals surface area contributed by atoms with Crippen LogP contribution in [0.4, 0.5) is 0 Å². The number of phenolic OH excluding ortho intramolecular Hbond substituents is 1. The Labute approximate surface area is 183 Å². The molecule has 5 rings (SSSR count). The van der Waals surface area contributed by atoms with E-state index in [1.54, 1.807) is 24.3 Å². The molecule has 0 radical (unpaired) electrons. The second-order valence-electron chi connectivity index (χ2n) is 7.96. The fourth-order valence-electron chi connectivity index (χ4n) is 4.39. The summed E-state index contributed by atoms with van der Waals surface area (Å²) in [6.07, 6.45) is 2.20. The minimum Gasteiger partial charge on any atom is -0.507 e. The summed E-state index contributed by atoms with van der Waals surface area (Å²) in [6.45, 7) is 4.63. The van der Waals surface area contributed by atoms with E-state index in [-0.39, 0.29) is 11.3 Å². The van der Waals surface area contributed by atoms with Crippen LogP contribution in [0.1, 0.15) is 25.3 Å². The van der Waals surface area contributed by atoms with Crippen molar-refractivity contribution in [3.8, 4) is 22.6 Å². The molecule has 1 aliphatic rings. The van der Waals surface area contributed by atoms with E-state index >= 15 is 0 Å². The second-order valence-corrected chi connectivity index (χ2v) is 7.96. The van der Waals surface area contributed by atoms with Crippen LogP contribution in [0.2, 0.25) is 0 Å². The van der Waals surface area contributed by atoms with Gasteiger partial charge >= 0.3 is 11.3 Å². The van der Waals surface area contributed by atoms with Crippen LogP contribution in [-0.2, 0) is 6.54 Å². The zero-order chi connectivity index (χ0) is 22.2. The van der Waals surface area contributed by atoms with Crippen molar-refractivity contribution in [2.45, 2.75) is 26.3 Å². The normalized spacial score (nSPS) is 14.4. The van der Waals surface area contributed by atoms with E-state index in [2.05, 4.69) is 4.90 Å². The molecule has 1 N–H and O–H groups in total. The number of hydrogen-bond donors (Lipinski definition) is 1. The summed E-state index contributed by atoms with van der Waals surface area (Å²) in [5.41, 5.74) is 0.698. The summed E-state index contributed by atoms with van der Waals surface area (Å²) in [6, 6.07) is 11.6. The van der Waals surface area contributed by atoms with E-state index in [1.807, 2.05) is 19.1 Å². The number of fused-ring (bicyclic) bond motifs is 2. The van der Waals surface area contributed by atoms with Gasteiger partial charge in [-0.05, 0) is 57.1 Å². The molecular weight excluding hydrogens is 410 g/mol. The number of rotatable bonds is 5. The van der Waals surface area contributed by atoms with Gasteiger partial charge in [0, 0.05) is 28.9 Å². The van der Waals surface area contributed by atoms with Crippen LogP contribution >= 0.6 is 0 Å². The third-order valence-electron chi connectivity index (χ3n) is 5.89. The first-order valence-electron chi connectivity index (χ1n) is 10.8. The van der Waals surface area contributed by atoms with Gasteiger partial charge in [0.2, 0.25) is 0 Å². The van der Waals surface area contributed by atoms with Crippen LogP contribution in [0, 0.1) is 0 Å². The minimum atomic E-state index is -0.594. The van der Waals surface area contributed by atoms with Gasteiger partial charge < -0.3 is 18.7 Å². The summed E-state index contributed by atoms with van der Waals surface area (Å²) >= 11 is 0. The van der Waals surface area contributed by atoms with Crippen molar-refractivity contribution in [1.82, 2.24) is 4.90 Å². The van der Waals surface area contributed by atoms with Crippen molar-refractivity contribution in [3.63, 3.8) is 0 Å². The zero-order valence-corrected chi connectivity index (χ0v) is 17.7. The molecule has 1 saturated heterocycles. The van der Waals surface area contributed by atoms with Gasteiger partial charge in [0.1, 0.15) is 11.3 Å². The van der Waals surface area contributed by atoms with E-state index in [1.165, 1.54) is 6.07 Å². The quantitative estimate of drug-likeness (QED) is 0.470. The number of para-hydroxylation sites is 1. The van der Waals surface area contributed by atoms with E-state index < -0.39 is 11.3 Å². The maximum absolute atomic E-state index is 13.0. The van der Waals surface area contributed by atoms with Gasteiger partial charge in [-0.15, -0.1) is 0 Å². The lowest BCUT2D eigenvalue weighted by atomic mass is 9.99. The van der Waals surface area contributed by atoms with Crippen LogP contribution < -0.4 is 16.0 Å². The van der Waals surface area contributed by atoms with E-state index in [4.69, 9.17) is 13.6 Å². The molecule has 164 valence electrons. The van der Waals surface area contributed by atoms with Crippen molar-refractivity contribution >= 4 is 21.9 Å². The molecule has 2 aromatic carbocycles. The number of benzene rings is 2. The van der Waals surface area contributed by atoms with Crippen LogP contribution in [0.5, 0.6) is 11.5 Å². The highest BCUT2D eigenvalue weighted by Crippen LogP contribution is 2.35. The first-order chi connectivity index (χ1) is 15.5. The Morgan fingerprint density at radius 1 is 1.00 bits per heavy atom. The van der Waals surface area contributed by atoms with Gasteiger partial charge in [-0.25, -0.2) is 9.59 Å². The lowest BCUT2D eigenvalue weighted by Crippen LogP contribution is -2.19. The third kappa shape index (κ3) is 3.54. The fourth-order valence-corrected chi connectivity index (χ4v) is 4.39. The van der Waals surface area contributed by atoms with Gasteiger partial charge in [-0.3, -0.25) is 4.90 Å². The van der Waals surface area contributed by atoms with Gasteiger partial charge in [0.15, 0.2) is 11.3 Å². The number of likely N-dealkylation sites (tertiary alicyclic amines) is 1. The van der Waals surface area contributed by atoms with Crippen molar-refractivity contribution in [2.75, 3.05) is 19.7 Å². The van der Waals surface area contributed by atoms with E-state index in [0.29, 0.717) is 52.0 Å². The maximum Gasteiger partial charge on any atom is 0.344 e. The first-order valence-corrected chi connectivity index (χ1v) is 10.8. The summed E-state index contributed by atoms with van der Waals surface area (Å²) in [5, 5.41) is 11.8. The first kappa shape index (κ1) is 20.3. The molecule has 0 unspecified atom stereocenters. The fraction of sp³-hybridized carbons (Fsp3) is 0.280. The highest BCUT2D eigenvalue weighted by Gasteiger charge is 2.21. The summed E-state index contributed by atoms with van der Waals surface area (Å²) in [7, 11) is 0. The van der Waals surface area contributed by atoms with Crippen LogP contribution in [0.25, 0.3) is 33.1 Å².